The zero-order valence-corrected chi connectivity index (χ0v) is 28.7. The zero-order chi connectivity index (χ0) is 35.1. The Kier molecular flexibility index (Phi) is 11.1. The van der Waals surface area contributed by atoms with Gasteiger partial charge in [0.05, 0.1) is 35.2 Å². The summed E-state index contributed by atoms with van der Waals surface area (Å²) in [4.78, 5) is 41.6. The molecule has 254 valence electrons. The minimum Gasteiger partial charge on any atom is -0.462 e. The van der Waals surface area contributed by atoms with Gasteiger partial charge >= 0.3 is 12.1 Å². The second-order valence-corrected chi connectivity index (χ2v) is 14.7. The van der Waals surface area contributed by atoms with E-state index in [9.17, 15) is 28.1 Å². The van der Waals surface area contributed by atoms with Crippen molar-refractivity contribution in [1.29, 1.82) is 0 Å². The largest absolute Gasteiger partial charge is 0.519 e. The van der Waals surface area contributed by atoms with Crippen LogP contribution < -0.4 is 14.6 Å². The Morgan fingerprint density at radius 1 is 0.939 bits per heavy atom. The van der Waals surface area contributed by atoms with Gasteiger partial charge in [0.15, 0.2) is 0 Å². The lowest BCUT2D eigenvalue weighted by molar-refractivity contribution is -0.757. The van der Waals surface area contributed by atoms with E-state index >= 15 is 0 Å². The molecule has 49 heavy (non-hydrogen) atoms. The fraction of sp³-hybridized carbons (Fsp3) is 0.161. The number of aryl methyl sites for hydroxylation is 1. The molecule has 5 rings (SSSR count). The molecule has 0 saturated carbocycles. The Hall–Kier alpha value is -5.01. The first kappa shape index (κ1) is 35.3. The number of carbonyl (C=O) groups excluding carboxylic acids is 2. The van der Waals surface area contributed by atoms with Gasteiger partial charge < -0.3 is 19.0 Å². The number of nitrogens with two attached hydrogens (primary N) is 1. The lowest BCUT2D eigenvalue weighted by Crippen LogP contribution is -2.17. The van der Waals surface area contributed by atoms with Crippen molar-refractivity contribution in [1.82, 2.24) is 9.78 Å². The van der Waals surface area contributed by atoms with Gasteiger partial charge in [0.25, 0.3) is 5.09 Å². The highest BCUT2D eigenvalue weighted by atomic mass is 32.9. The van der Waals surface area contributed by atoms with Crippen LogP contribution in [0.5, 0.6) is 11.5 Å². The predicted molar refractivity (Wildman–Crippen MR) is 183 cm³/mol. The van der Waals surface area contributed by atoms with Crippen LogP contribution in [0.1, 0.15) is 28.9 Å². The van der Waals surface area contributed by atoms with Crippen molar-refractivity contribution < 1.29 is 42.1 Å². The van der Waals surface area contributed by atoms with Crippen LogP contribution in [0.15, 0.2) is 83.8 Å². The van der Waals surface area contributed by atoms with Gasteiger partial charge in [-0.2, -0.15) is 5.10 Å². The summed E-state index contributed by atoms with van der Waals surface area (Å²) in [5.41, 5.74) is 2.94. The third-order valence-electron chi connectivity index (χ3n) is 6.70. The van der Waals surface area contributed by atoms with Gasteiger partial charge in [-0.05, 0) is 98.1 Å². The number of primary sulfonamides is 1. The fourth-order valence-corrected chi connectivity index (χ4v) is 7.38. The van der Waals surface area contributed by atoms with Gasteiger partial charge in [-0.1, -0.05) is 39.0 Å². The summed E-state index contributed by atoms with van der Waals surface area (Å²) in [5.74, 6) is -0.787. The van der Waals surface area contributed by atoms with Gasteiger partial charge in [-0.3, -0.25) is 0 Å². The summed E-state index contributed by atoms with van der Waals surface area (Å²) < 4.78 is 42.1. The highest BCUT2D eigenvalue weighted by molar-refractivity contribution is 7.89. The van der Waals surface area contributed by atoms with E-state index in [1.165, 1.54) is 57.1 Å². The highest BCUT2D eigenvalue weighted by Crippen LogP contribution is 2.32. The Labute approximate surface area is 291 Å². The molecule has 14 nitrogen and oxygen atoms in total. The Morgan fingerprint density at radius 3 is 2.29 bits per heavy atom. The van der Waals surface area contributed by atoms with Crippen LogP contribution in [0.4, 0.5) is 4.79 Å². The zero-order valence-electron chi connectivity index (χ0n) is 25.5. The maximum atomic E-state index is 13.1. The van der Waals surface area contributed by atoms with Crippen LogP contribution in [-0.2, 0) is 19.6 Å². The molecule has 2 N–H and O–H groups in total. The van der Waals surface area contributed by atoms with Crippen LogP contribution in [0, 0.1) is 20.9 Å². The number of nitrogens with zero attached hydrogens (tertiary/aromatic N) is 3. The number of aromatic nitrogens is 2. The molecule has 0 aliphatic rings. The summed E-state index contributed by atoms with van der Waals surface area (Å²) in [5, 5.41) is 19.2. The number of esters is 1. The van der Waals surface area contributed by atoms with E-state index in [2.05, 4.69) is 9.94 Å². The van der Waals surface area contributed by atoms with Gasteiger partial charge in [0.1, 0.15) is 20.9 Å². The molecule has 0 saturated heterocycles. The van der Waals surface area contributed by atoms with Crippen molar-refractivity contribution in [3.8, 4) is 38.9 Å². The first-order valence-electron chi connectivity index (χ1n) is 14.3. The molecular formula is C31H26N4O10S4. The van der Waals surface area contributed by atoms with Crippen molar-refractivity contribution in [3.05, 3.63) is 104 Å². The topological polar surface area (TPSA) is 192 Å². The molecule has 0 spiro atoms. The summed E-state index contributed by atoms with van der Waals surface area (Å²) in [6, 6.07) is 20.6. The lowest BCUT2D eigenvalue weighted by atomic mass is 10.1. The predicted octanol–water partition coefficient (Wildman–Crippen LogP) is 6.74. The number of hydrogen-bond donors (Lipinski definition) is 1. The number of hydrogen-bond acceptors (Lipinski definition) is 14. The first-order valence-corrected chi connectivity index (χ1v) is 18.4. The van der Waals surface area contributed by atoms with Crippen LogP contribution >= 0.6 is 32.9 Å². The van der Waals surface area contributed by atoms with Crippen molar-refractivity contribution in [2.45, 2.75) is 24.7 Å². The average Bonchev–Trinajstić information content (AvgIpc) is 3.67. The molecule has 0 unspecified atom stereocenters. The normalized spacial score (nSPS) is 11.1. The van der Waals surface area contributed by atoms with Crippen LogP contribution in [0.2, 0.25) is 0 Å². The van der Waals surface area contributed by atoms with Crippen molar-refractivity contribution >= 4 is 55.0 Å². The smallest absolute Gasteiger partial charge is 0.462 e. The maximum absolute atomic E-state index is 13.1. The second kappa shape index (κ2) is 15.5. The number of sulfonamides is 1. The third kappa shape index (κ3) is 9.33. The molecule has 0 amide bonds. The summed E-state index contributed by atoms with van der Waals surface area (Å²) in [7, 11) is -0.896. The number of carbonyl (C=O) groups is 2. The molecule has 3 aromatic carbocycles. The second-order valence-electron chi connectivity index (χ2n) is 10.2. The molecule has 0 atom stereocenters. The molecule has 2 heterocycles. The van der Waals surface area contributed by atoms with Gasteiger partial charge in [0.2, 0.25) is 10.0 Å². The minimum absolute atomic E-state index is 0.0729. The molecule has 0 aliphatic carbocycles. The SMILES string of the molecule is Cc1cc(-c2ccc(C(=O)OCCCCO[N+](=O)[O-])c(OC(=O)Oc3ccc(-c4cc(=S)ss4)cc3)c2)n(-c2ccc(S(N)(=O)=O)cc2)n1. The minimum atomic E-state index is -3.91. The number of benzene rings is 3. The first-order chi connectivity index (χ1) is 23.4. The third-order valence-corrected chi connectivity index (χ3v) is 10.5. The van der Waals surface area contributed by atoms with Gasteiger partial charge in [-0.25, -0.2) is 27.8 Å². The number of ether oxygens (including phenoxy) is 3. The lowest BCUT2D eigenvalue weighted by Gasteiger charge is -2.13. The van der Waals surface area contributed by atoms with E-state index in [0.29, 0.717) is 22.6 Å². The molecule has 18 heteroatoms. The fourth-order valence-electron chi connectivity index (χ4n) is 4.47. The highest BCUT2D eigenvalue weighted by Gasteiger charge is 2.21. The van der Waals surface area contributed by atoms with E-state index in [0.717, 1.165) is 14.3 Å². The van der Waals surface area contributed by atoms with Crippen molar-refractivity contribution in [2.75, 3.05) is 13.2 Å². The van der Waals surface area contributed by atoms with E-state index in [4.69, 9.17) is 31.6 Å². The summed E-state index contributed by atoms with van der Waals surface area (Å²) >= 11 is 5.20. The maximum Gasteiger partial charge on any atom is 0.519 e. The van der Waals surface area contributed by atoms with E-state index in [1.807, 2.05) is 6.07 Å². The summed E-state index contributed by atoms with van der Waals surface area (Å²) in [6.45, 7) is 1.54. The van der Waals surface area contributed by atoms with Gasteiger partial charge in [-0.15, -0.1) is 10.1 Å². The average molecular weight is 743 g/mol. The summed E-state index contributed by atoms with van der Waals surface area (Å²) in [6.07, 6.45) is -0.565. The molecule has 2 aromatic heterocycles. The van der Waals surface area contributed by atoms with Gasteiger partial charge in [0, 0.05) is 10.4 Å². The monoisotopic (exact) mass is 742 g/mol. The molecular weight excluding hydrogens is 717 g/mol. The van der Waals surface area contributed by atoms with E-state index < -0.39 is 27.2 Å². The Morgan fingerprint density at radius 2 is 1.63 bits per heavy atom. The van der Waals surface area contributed by atoms with Crippen LogP contribution in [0.3, 0.4) is 0 Å². The molecule has 0 fully saturated rings. The molecule has 0 radical (unpaired) electrons. The van der Waals surface area contributed by atoms with Crippen molar-refractivity contribution in [3.63, 3.8) is 0 Å². The number of unbranched alkanes of at least 4 members (excludes halogenated alkanes) is 1. The quantitative estimate of drug-likeness (QED) is 0.0255. The van der Waals surface area contributed by atoms with Crippen LogP contribution in [0.25, 0.3) is 27.4 Å². The standard InChI is InChI=1S/C31H26N4O10S4/c1-19-16-26(34(33-19)22-7-11-24(12-8-22)49(32,40)41)21-6-13-25(30(36)42-14-2-3-15-43-35(38)39)27(17-21)45-31(37)44-23-9-4-20(5-10-23)28-18-29(46)48-47-28/h4-13,16-18H,2-3,14-15H2,1H3,(H2,32,40,41). The molecule has 5 aromatic rings. The molecule has 0 aliphatic heterocycles. The van der Waals surface area contributed by atoms with E-state index in [-0.39, 0.29) is 48.0 Å². The van der Waals surface area contributed by atoms with Crippen LogP contribution in [-0.4, -0.2) is 48.6 Å². The Balaban J connectivity index is 1.40. The van der Waals surface area contributed by atoms with Crippen molar-refractivity contribution in [2.24, 2.45) is 5.14 Å². The van der Waals surface area contributed by atoms with E-state index in [1.54, 1.807) is 48.0 Å². The number of rotatable bonds is 13. The Bertz CT molecular complexity index is 2160. The molecule has 0 bridgehead atoms.